The summed E-state index contributed by atoms with van der Waals surface area (Å²) in [6.45, 7) is 6.96. The van der Waals surface area contributed by atoms with E-state index in [1.165, 1.54) is 6.26 Å². The highest BCUT2D eigenvalue weighted by Gasteiger charge is 2.40. The fraction of sp³-hybridized carbons (Fsp3) is 0.684. The molecule has 0 saturated carbocycles. The highest BCUT2D eigenvalue weighted by Crippen LogP contribution is 2.36. The van der Waals surface area contributed by atoms with Gasteiger partial charge in [-0.05, 0) is 65.5 Å². The van der Waals surface area contributed by atoms with Crippen molar-refractivity contribution in [2.75, 3.05) is 13.2 Å². The van der Waals surface area contributed by atoms with Crippen LogP contribution in [0.3, 0.4) is 0 Å². The van der Waals surface area contributed by atoms with Crippen LogP contribution in [0.4, 0.5) is 0 Å². The molecule has 0 aliphatic carbocycles. The third-order valence-corrected chi connectivity index (χ3v) is 8.14. The zero-order valence-electron chi connectivity index (χ0n) is 17.4. The van der Waals surface area contributed by atoms with Crippen LogP contribution in [0.25, 0.3) is 0 Å². The molecule has 2 aromatic heterocycles. The van der Waals surface area contributed by atoms with Gasteiger partial charge in [-0.2, -0.15) is 0 Å². The Morgan fingerprint density at radius 2 is 2.00 bits per heavy atom. The fourth-order valence-corrected chi connectivity index (χ4v) is 4.66. The number of H-pyrrole nitrogens is 1. The second kappa shape index (κ2) is 10.4. The molecule has 0 radical (unpaired) electrons. The fourth-order valence-electron chi connectivity index (χ4n) is 3.24. The SMILES string of the molecule is CC(C)(C)[S@@](=O)N[C@@H](CCCCCC1(c2ccon2)OCCO1)c1nc(Br)c(Br)[nH]1. The normalized spacial score (nSPS) is 18.6. The number of nitrogens with zero attached hydrogens (tertiary/aromatic N) is 2. The van der Waals surface area contributed by atoms with Crippen LogP contribution in [0, 0.1) is 0 Å². The van der Waals surface area contributed by atoms with E-state index in [1.807, 2.05) is 20.8 Å². The number of rotatable bonds is 10. The predicted molar refractivity (Wildman–Crippen MR) is 121 cm³/mol. The first-order valence-corrected chi connectivity index (χ1v) is 12.7. The Morgan fingerprint density at radius 3 is 2.57 bits per heavy atom. The van der Waals surface area contributed by atoms with Crippen LogP contribution in [0.15, 0.2) is 26.1 Å². The van der Waals surface area contributed by atoms with Gasteiger partial charge >= 0.3 is 0 Å². The largest absolute Gasteiger partial charge is 0.364 e. The molecular formula is C19H28Br2N4O4S. The summed E-state index contributed by atoms with van der Waals surface area (Å²) in [6.07, 6.45) is 5.86. The maximum atomic E-state index is 12.7. The first-order valence-electron chi connectivity index (χ1n) is 9.99. The number of nitrogens with one attached hydrogen (secondary N) is 2. The van der Waals surface area contributed by atoms with Crippen LogP contribution in [-0.2, 0) is 26.2 Å². The lowest BCUT2D eigenvalue weighted by atomic mass is 10.0. The first-order chi connectivity index (χ1) is 14.2. The predicted octanol–water partition coefficient (Wildman–Crippen LogP) is 4.87. The van der Waals surface area contributed by atoms with E-state index >= 15 is 0 Å². The molecule has 2 N–H and O–H groups in total. The van der Waals surface area contributed by atoms with Crippen molar-refractivity contribution < 1.29 is 18.2 Å². The standard InChI is InChI=1S/C19H28Br2N4O4S/c1-18(2,3)30(26)25-13(17-22-15(20)16(21)23-17)7-5-4-6-9-19(27-11-12-28-19)14-8-10-29-24-14/h8,10,13,25H,4-7,9,11-12H2,1-3H3,(H,22,23)/t13-,30+/m0/s1. The summed E-state index contributed by atoms with van der Waals surface area (Å²) in [7, 11) is -1.20. The summed E-state index contributed by atoms with van der Waals surface area (Å²) in [5, 5.41) is 4.01. The third-order valence-electron chi connectivity index (χ3n) is 4.85. The van der Waals surface area contributed by atoms with Gasteiger partial charge in [0.15, 0.2) is 0 Å². The lowest BCUT2D eigenvalue weighted by Crippen LogP contribution is -2.36. The number of hydrogen-bond acceptors (Lipinski definition) is 6. The van der Waals surface area contributed by atoms with E-state index in [9.17, 15) is 4.21 Å². The number of hydrogen-bond donors (Lipinski definition) is 2. The van der Waals surface area contributed by atoms with Gasteiger partial charge in [0.05, 0.1) is 35.0 Å². The van der Waals surface area contributed by atoms with E-state index in [1.54, 1.807) is 6.07 Å². The van der Waals surface area contributed by atoms with E-state index < -0.39 is 16.8 Å². The van der Waals surface area contributed by atoms with Crippen LogP contribution < -0.4 is 4.72 Å². The molecule has 2 aromatic rings. The molecule has 1 saturated heterocycles. The summed E-state index contributed by atoms with van der Waals surface area (Å²) in [6, 6.07) is 1.65. The number of ether oxygens (including phenoxy) is 2. The molecule has 1 fully saturated rings. The number of imidazole rings is 1. The molecule has 0 amide bonds. The van der Waals surface area contributed by atoms with E-state index in [0.717, 1.165) is 36.1 Å². The molecule has 8 nitrogen and oxygen atoms in total. The van der Waals surface area contributed by atoms with Crippen molar-refractivity contribution >= 4 is 42.8 Å². The summed E-state index contributed by atoms with van der Waals surface area (Å²) < 4.78 is 33.7. The maximum Gasteiger partial charge on any atom is 0.215 e. The molecule has 168 valence electrons. The van der Waals surface area contributed by atoms with Crippen LogP contribution in [-0.4, -0.2) is 37.3 Å². The van der Waals surface area contributed by atoms with Crippen molar-refractivity contribution in [2.24, 2.45) is 0 Å². The van der Waals surface area contributed by atoms with Gasteiger partial charge in [-0.15, -0.1) is 0 Å². The highest BCUT2D eigenvalue weighted by molar-refractivity contribution is 9.13. The first kappa shape index (κ1) is 24.1. The Balaban J connectivity index is 1.55. The van der Waals surface area contributed by atoms with Gasteiger partial charge in [-0.3, -0.25) is 0 Å². The molecule has 0 bridgehead atoms. The van der Waals surface area contributed by atoms with Gasteiger partial charge in [0.25, 0.3) is 0 Å². The van der Waals surface area contributed by atoms with Crippen LogP contribution in [0.1, 0.15) is 70.4 Å². The molecule has 0 spiro atoms. The second-order valence-corrected chi connectivity index (χ2v) is 11.8. The molecule has 30 heavy (non-hydrogen) atoms. The molecule has 3 rings (SSSR count). The van der Waals surface area contributed by atoms with Crippen molar-refractivity contribution in [2.45, 2.75) is 69.5 Å². The Hall–Kier alpha value is -0.590. The molecule has 1 aliphatic heterocycles. The van der Waals surface area contributed by atoms with Crippen molar-refractivity contribution in [3.05, 3.63) is 33.1 Å². The van der Waals surface area contributed by atoms with Gasteiger partial charge in [-0.25, -0.2) is 13.9 Å². The Morgan fingerprint density at radius 1 is 1.27 bits per heavy atom. The average Bonchev–Trinajstić information content (AvgIpc) is 3.42. The number of aromatic nitrogens is 3. The van der Waals surface area contributed by atoms with Crippen molar-refractivity contribution in [1.82, 2.24) is 19.8 Å². The maximum absolute atomic E-state index is 12.7. The molecule has 2 atom stereocenters. The average molecular weight is 568 g/mol. The minimum Gasteiger partial charge on any atom is -0.364 e. The van der Waals surface area contributed by atoms with Crippen molar-refractivity contribution in [3.63, 3.8) is 0 Å². The van der Waals surface area contributed by atoms with Gasteiger partial charge < -0.3 is 19.0 Å². The Kier molecular flexibility index (Phi) is 8.30. The van der Waals surface area contributed by atoms with Gasteiger partial charge in [-0.1, -0.05) is 18.0 Å². The number of unbranched alkanes of at least 4 members (excludes halogenated alkanes) is 2. The van der Waals surface area contributed by atoms with Crippen molar-refractivity contribution in [1.29, 1.82) is 0 Å². The summed E-state index contributed by atoms with van der Waals surface area (Å²) in [5.41, 5.74) is 0.686. The summed E-state index contributed by atoms with van der Waals surface area (Å²) >= 11 is 6.85. The lowest BCUT2D eigenvalue weighted by molar-refractivity contribution is -0.175. The lowest BCUT2D eigenvalue weighted by Gasteiger charge is -2.25. The second-order valence-electron chi connectivity index (χ2n) is 8.21. The number of aromatic amines is 1. The topological polar surface area (TPSA) is 102 Å². The summed E-state index contributed by atoms with van der Waals surface area (Å²) in [5.74, 6) is -0.0392. The van der Waals surface area contributed by atoms with Crippen molar-refractivity contribution in [3.8, 4) is 0 Å². The van der Waals surface area contributed by atoms with Crippen LogP contribution in [0.5, 0.6) is 0 Å². The van der Waals surface area contributed by atoms with E-state index in [2.05, 4.69) is 51.7 Å². The Labute approximate surface area is 196 Å². The van der Waals surface area contributed by atoms with Gasteiger partial charge in [0.2, 0.25) is 5.79 Å². The third kappa shape index (κ3) is 6.01. The smallest absolute Gasteiger partial charge is 0.215 e. The molecule has 1 aliphatic rings. The highest BCUT2D eigenvalue weighted by atomic mass is 79.9. The monoisotopic (exact) mass is 566 g/mol. The molecule has 0 aromatic carbocycles. The van der Waals surface area contributed by atoms with E-state index in [4.69, 9.17) is 14.0 Å². The minimum atomic E-state index is -1.20. The molecular weight excluding hydrogens is 540 g/mol. The molecule has 0 unspecified atom stereocenters. The zero-order chi connectivity index (χ0) is 21.8. The minimum absolute atomic E-state index is 0.142. The number of halogens is 2. The van der Waals surface area contributed by atoms with Crippen LogP contribution >= 0.6 is 31.9 Å². The summed E-state index contributed by atoms with van der Waals surface area (Å²) in [4.78, 5) is 7.73. The molecule has 3 heterocycles. The molecule has 11 heteroatoms. The zero-order valence-corrected chi connectivity index (χ0v) is 21.4. The van der Waals surface area contributed by atoms with E-state index in [0.29, 0.717) is 29.9 Å². The van der Waals surface area contributed by atoms with Crippen LogP contribution in [0.2, 0.25) is 0 Å². The van der Waals surface area contributed by atoms with Gasteiger partial charge in [0, 0.05) is 12.5 Å². The Bertz CT molecular complexity index is 813. The van der Waals surface area contributed by atoms with E-state index in [-0.39, 0.29) is 10.8 Å². The quantitative estimate of drug-likeness (QED) is 0.397. The van der Waals surface area contributed by atoms with Gasteiger partial charge in [0.1, 0.15) is 27.0 Å².